The SMILES string of the molecule is CC(C)(C)OC(=O)NC1CCN(C(=O)/C=C/c2ccc(OCC#N)cc2)CC1. The molecule has 0 bridgehead atoms. The fourth-order valence-electron chi connectivity index (χ4n) is 2.78. The molecule has 7 heteroatoms. The monoisotopic (exact) mass is 385 g/mol. The lowest BCUT2D eigenvalue weighted by Crippen LogP contribution is -2.47. The molecule has 1 aromatic rings. The number of piperidine rings is 1. The van der Waals surface area contributed by atoms with E-state index in [4.69, 9.17) is 14.7 Å². The molecular weight excluding hydrogens is 358 g/mol. The van der Waals surface area contributed by atoms with Gasteiger partial charge in [-0.2, -0.15) is 5.26 Å². The van der Waals surface area contributed by atoms with E-state index < -0.39 is 11.7 Å². The molecule has 1 aliphatic heterocycles. The number of ether oxygens (including phenoxy) is 2. The first-order valence-electron chi connectivity index (χ1n) is 9.33. The summed E-state index contributed by atoms with van der Waals surface area (Å²) in [6.45, 7) is 6.66. The van der Waals surface area contributed by atoms with Crippen LogP contribution in [0.5, 0.6) is 5.75 Å². The summed E-state index contributed by atoms with van der Waals surface area (Å²) in [5, 5.41) is 11.4. The highest BCUT2D eigenvalue weighted by atomic mass is 16.6. The average molecular weight is 385 g/mol. The molecular formula is C21H27N3O4. The molecule has 28 heavy (non-hydrogen) atoms. The number of hydrogen-bond donors (Lipinski definition) is 1. The quantitative estimate of drug-likeness (QED) is 0.786. The van der Waals surface area contributed by atoms with Crippen LogP contribution >= 0.6 is 0 Å². The molecule has 0 unspecified atom stereocenters. The van der Waals surface area contributed by atoms with Gasteiger partial charge in [0.25, 0.3) is 0 Å². The number of benzene rings is 1. The van der Waals surface area contributed by atoms with E-state index in [-0.39, 0.29) is 18.6 Å². The Balaban J connectivity index is 1.78. The predicted molar refractivity (Wildman–Crippen MR) is 106 cm³/mol. The van der Waals surface area contributed by atoms with Crippen molar-refractivity contribution in [1.82, 2.24) is 10.2 Å². The van der Waals surface area contributed by atoms with E-state index in [0.717, 1.165) is 5.56 Å². The molecule has 7 nitrogen and oxygen atoms in total. The number of amides is 2. The Morgan fingerprint density at radius 1 is 1.25 bits per heavy atom. The maximum absolute atomic E-state index is 12.4. The Kier molecular flexibility index (Phi) is 7.44. The van der Waals surface area contributed by atoms with Gasteiger partial charge in [0.15, 0.2) is 6.61 Å². The highest BCUT2D eigenvalue weighted by Crippen LogP contribution is 2.15. The number of likely N-dealkylation sites (tertiary alicyclic amines) is 1. The second-order valence-corrected chi connectivity index (χ2v) is 7.59. The number of alkyl carbamates (subject to hydrolysis) is 1. The lowest BCUT2D eigenvalue weighted by Gasteiger charge is -2.32. The molecule has 0 aliphatic carbocycles. The van der Waals surface area contributed by atoms with Crippen LogP contribution in [0.15, 0.2) is 30.3 Å². The third-order valence-electron chi connectivity index (χ3n) is 4.13. The van der Waals surface area contributed by atoms with Gasteiger partial charge in [0.05, 0.1) is 0 Å². The van der Waals surface area contributed by atoms with Gasteiger partial charge < -0.3 is 19.7 Å². The number of carbonyl (C=O) groups excluding carboxylic acids is 2. The van der Waals surface area contributed by atoms with E-state index in [1.807, 2.05) is 39.0 Å². The summed E-state index contributed by atoms with van der Waals surface area (Å²) in [6, 6.07) is 9.10. The second kappa shape index (κ2) is 9.79. The molecule has 0 spiro atoms. The van der Waals surface area contributed by atoms with Crippen molar-refractivity contribution in [2.24, 2.45) is 0 Å². The van der Waals surface area contributed by atoms with Gasteiger partial charge in [0.2, 0.25) is 5.91 Å². The van der Waals surface area contributed by atoms with E-state index in [9.17, 15) is 9.59 Å². The van der Waals surface area contributed by atoms with Crippen molar-refractivity contribution in [1.29, 1.82) is 5.26 Å². The number of carbonyl (C=O) groups is 2. The predicted octanol–water partition coefficient (Wildman–Crippen LogP) is 3.12. The van der Waals surface area contributed by atoms with E-state index in [2.05, 4.69) is 5.32 Å². The summed E-state index contributed by atoms with van der Waals surface area (Å²) >= 11 is 0. The second-order valence-electron chi connectivity index (χ2n) is 7.59. The summed E-state index contributed by atoms with van der Waals surface area (Å²) in [7, 11) is 0. The first kappa shape index (κ1) is 21.3. The molecule has 1 aliphatic rings. The number of nitriles is 1. The van der Waals surface area contributed by atoms with Crippen molar-refractivity contribution in [3.63, 3.8) is 0 Å². The fourth-order valence-corrected chi connectivity index (χ4v) is 2.78. The molecule has 1 fully saturated rings. The van der Waals surface area contributed by atoms with Gasteiger partial charge in [0.1, 0.15) is 17.4 Å². The van der Waals surface area contributed by atoms with Crippen LogP contribution in [0.4, 0.5) is 4.79 Å². The van der Waals surface area contributed by atoms with Gasteiger partial charge in [-0.05, 0) is 57.4 Å². The number of hydrogen-bond acceptors (Lipinski definition) is 5. The lowest BCUT2D eigenvalue weighted by molar-refractivity contribution is -0.127. The highest BCUT2D eigenvalue weighted by molar-refractivity contribution is 5.91. The highest BCUT2D eigenvalue weighted by Gasteiger charge is 2.24. The van der Waals surface area contributed by atoms with Crippen LogP contribution in [-0.2, 0) is 9.53 Å². The molecule has 1 aromatic carbocycles. The van der Waals surface area contributed by atoms with Crippen molar-refractivity contribution >= 4 is 18.1 Å². The minimum atomic E-state index is -0.522. The van der Waals surface area contributed by atoms with Crippen LogP contribution in [0.2, 0.25) is 0 Å². The largest absolute Gasteiger partial charge is 0.479 e. The van der Waals surface area contributed by atoms with E-state index >= 15 is 0 Å². The van der Waals surface area contributed by atoms with Crippen molar-refractivity contribution < 1.29 is 19.1 Å². The lowest BCUT2D eigenvalue weighted by atomic mass is 10.1. The first-order chi connectivity index (χ1) is 13.3. The van der Waals surface area contributed by atoms with Crippen molar-refractivity contribution in [3.05, 3.63) is 35.9 Å². The summed E-state index contributed by atoms with van der Waals surface area (Å²) in [4.78, 5) is 26.0. The van der Waals surface area contributed by atoms with Crippen LogP contribution in [0.1, 0.15) is 39.2 Å². The first-order valence-corrected chi connectivity index (χ1v) is 9.33. The third kappa shape index (κ3) is 7.31. The number of nitrogens with zero attached hydrogens (tertiary/aromatic N) is 2. The van der Waals surface area contributed by atoms with Crippen LogP contribution in [-0.4, -0.2) is 48.2 Å². The molecule has 1 saturated heterocycles. The maximum Gasteiger partial charge on any atom is 0.407 e. The minimum absolute atomic E-state index is 0.00636. The van der Waals surface area contributed by atoms with Crippen LogP contribution in [0, 0.1) is 11.3 Å². The topological polar surface area (TPSA) is 91.7 Å². The van der Waals surface area contributed by atoms with Gasteiger partial charge in [0, 0.05) is 25.2 Å². The molecule has 1 N–H and O–H groups in total. The molecule has 0 radical (unpaired) electrons. The Bertz CT molecular complexity index is 736. The summed E-state index contributed by atoms with van der Waals surface area (Å²) < 4.78 is 10.5. The van der Waals surface area contributed by atoms with Crippen LogP contribution in [0.25, 0.3) is 6.08 Å². The summed E-state index contributed by atoms with van der Waals surface area (Å²) in [5.41, 5.74) is 0.352. The number of rotatable bonds is 5. The molecule has 2 amide bonds. The zero-order chi connectivity index (χ0) is 20.6. The molecule has 0 aromatic heterocycles. The molecule has 0 saturated carbocycles. The van der Waals surface area contributed by atoms with Gasteiger partial charge in [-0.3, -0.25) is 4.79 Å². The molecule has 1 heterocycles. The zero-order valence-electron chi connectivity index (χ0n) is 16.6. The van der Waals surface area contributed by atoms with Crippen LogP contribution < -0.4 is 10.1 Å². The van der Waals surface area contributed by atoms with Gasteiger partial charge >= 0.3 is 6.09 Å². The Hall–Kier alpha value is -3.01. The standard InChI is InChI=1S/C21H27N3O4/c1-21(2,3)28-20(26)23-17-10-13-24(14-11-17)19(25)9-6-16-4-7-18(8-5-16)27-15-12-22/h4-9,17H,10-11,13-15H2,1-3H3,(H,23,26)/b9-6+. The van der Waals surface area contributed by atoms with Crippen molar-refractivity contribution in [2.75, 3.05) is 19.7 Å². The third-order valence-corrected chi connectivity index (χ3v) is 4.13. The molecule has 2 rings (SSSR count). The minimum Gasteiger partial charge on any atom is -0.479 e. The van der Waals surface area contributed by atoms with Gasteiger partial charge in [-0.15, -0.1) is 0 Å². The maximum atomic E-state index is 12.4. The normalized spacial score (nSPS) is 15.1. The average Bonchev–Trinajstić information content (AvgIpc) is 2.64. The van der Waals surface area contributed by atoms with E-state index in [0.29, 0.717) is 31.7 Å². The van der Waals surface area contributed by atoms with Gasteiger partial charge in [-0.1, -0.05) is 12.1 Å². The Morgan fingerprint density at radius 2 is 1.89 bits per heavy atom. The molecule has 0 atom stereocenters. The van der Waals surface area contributed by atoms with E-state index in [1.54, 1.807) is 29.2 Å². The van der Waals surface area contributed by atoms with Crippen molar-refractivity contribution in [2.45, 2.75) is 45.3 Å². The van der Waals surface area contributed by atoms with Crippen molar-refractivity contribution in [3.8, 4) is 11.8 Å². The van der Waals surface area contributed by atoms with E-state index in [1.165, 1.54) is 0 Å². The fraction of sp³-hybridized carbons (Fsp3) is 0.476. The molecule has 150 valence electrons. The number of nitrogens with one attached hydrogen (secondary N) is 1. The summed E-state index contributed by atoms with van der Waals surface area (Å²) in [6.07, 6.45) is 4.28. The summed E-state index contributed by atoms with van der Waals surface area (Å²) in [5.74, 6) is 0.560. The Morgan fingerprint density at radius 3 is 2.46 bits per heavy atom. The Labute approximate surface area is 165 Å². The van der Waals surface area contributed by atoms with Gasteiger partial charge in [-0.25, -0.2) is 4.79 Å². The van der Waals surface area contributed by atoms with Crippen LogP contribution in [0.3, 0.4) is 0 Å². The zero-order valence-corrected chi connectivity index (χ0v) is 16.6. The smallest absolute Gasteiger partial charge is 0.407 e.